The fourth-order valence-electron chi connectivity index (χ4n) is 0.948. The van der Waals surface area contributed by atoms with Crippen LogP contribution in [0.25, 0.3) is 0 Å². The Morgan fingerprint density at radius 2 is 1.79 bits per heavy atom. The molecule has 5 heteroatoms. The first-order chi connectivity index (χ1) is 6.46. The first-order valence-corrected chi connectivity index (χ1v) is 5.88. The number of rotatable bonds is 3. The van der Waals surface area contributed by atoms with Crippen molar-refractivity contribution in [2.75, 3.05) is 0 Å². The van der Waals surface area contributed by atoms with Gasteiger partial charge in [-0.1, -0.05) is 29.8 Å². The lowest BCUT2D eigenvalue weighted by molar-refractivity contribution is -0.115. The summed E-state index contributed by atoms with van der Waals surface area (Å²) in [5.74, 6) is -0.574. The van der Waals surface area contributed by atoms with Gasteiger partial charge in [0.1, 0.15) is 0 Å². The molecule has 1 aromatic carbocycles. The van der Waals surface area contributed by atoms with Crippen molar-refractivity contribution in [2.24, 2.45) is 0 Å². The van der Waals surface area contributed by atoms with Gasteiger partial charge in [-0.15, -0.1) is 0 Å². The summed E-state index contributed by atoms with van der Waals surface area (Å²) in [5.41, 5.74) is 0. The summed E-state index contributed by atoms with van der Waals surface area (Å²) in [6.07, 6.45) is 0. The zero-order valence-corrected chi connectivity index (χ0v) is 9.05. The smallest absolute Gasteiger partial charge is 0.202 e. The summed E-state index contributed by atoms with van der Waals surface area (Å²) < 4.78 is 21.7. The van der Waals surface area contributed by atoms with Gasteiger partial charge in [0.15, 0.2) is 10.5 Å². The van der Waals surface area contributed by atoms with E-state index in [9.17, 15) is 13.2 Å². The van der Waals surface area contributed by atoms with Crippen molar-refractivity contribution >= 4 is 27.2 Å². The molecule has 0 spiro atoms. The van der Waals surface area contributed by atoms with E-state index in [1.165, 1.54) is 12.1 Å². The zero-order valence-electron chi connectivity index (χ0n) is 7.48. The van der Waals surface area contributed by atoms with Crippen LogP contribution in [0.3, 0.4) is 0 Å². The fourth-order valence-corrected chi connectivity index (χ4v) is 2.47. The van der Waals surface area contributed by atoms with Gasteiger partial charge in [0.25, 0.3) is 0 Å². The Morgan fingerprint density at radius 3 is 2.21 bits per heavy atom. The molecule has 0 aliphatic rings. The van der Waals surface area contributed by atoms with Gasteiger partial charge >= 0.3 is 0 Å². The van der Waals surface area contributed by atoms with E-state index in [0.29, 0.717) is 0 Å². The van der Waals surface area contributed by atoms with Crippen molar-refractivity contribution in [3.63, 3.8) is 0 Å². The van der Waals surface area contributed by atoms with E-state index in [0.717, 1.165) is 6.92 Å². The average molecular weight is 233 g/mol. The van der Waals surface area contributed by atoms with Crippen LogP contribution in [0, 0.1) is 0 Å². The van der Waals surface area contributed by atoms with E-state index >= 15 is 0 Å². The second-order valence-electron chi connectivity index (χ2n) is 2.78. The number of hydrogen-bond donors (Lipinski definition) is 0. The van der Waals surface area contributed by atoms with Crippen molar-refractivity contribution in [2.45, 2.75) is 16.5 Å². The molecular formula is C9H9ClO3S. The average Bonchev–Trinajstić information content (AvgIpc) is 2.18. The molecule has 14 heavy (non-hydrogen) atoms. The summed E-state index contributed by atoms with van der Waals surface area (Å²) in [5, 5.41) is 0. The van der Waals surface area contributed by atoms with Crippen LogP contribution in [0.1, 0.15) is 6.92 Å². The van der Waals surface area contributed by atoms with Gasteiger partial charge in [-0.05, 0) is 19.1 Å². The molecule has 76 valence electrons. The van der Waals surface area contributed by atoms with Crippen LogP contribution in [0.5, 0.6) is 0 Å². The van der Waals surface area contributed by atoms with Crippen LogP contribution < -0.4 is 0 Å². The minimum Gasteiger partial charge on any atom is -0.297 e. The molecule has 0 aliphatic heterocycles. The highest BCUT2D eigenvalue weighted by molar-refractivity contribution is 7.94. The molecule has 0 bridgehead atoms. The van der Waals surface area contributed by atoms with Crippen LogP contribution >= 0.6 is 11.6 Å². The first kappa shape index (κ1) is 11.2. The normalized spacial score (nSPS) is 13.6. The molecule has 0 heterocycles. The third-order valence-corrected chi connectivity index (χ3v) is 4.48. The van der Waals surface area contributed by atoms with Gasteiger partial charge in [0, 0.05) is 0 Å². The van der Waals surface area contributed by atoms with Gasteiger partial charge in [-0.2, -0.15) is 0 Å². The lowest BCUT2D eigenvalue weighted by Crippen LogP contribution is -2.22. The Kier molecular flexibility index (Phi) is 3.29. The number of benzene rings is 1. The molecule has 3 nitrogen and oxygen atoms in total. The Labute approximate surface area is 87.6 Å². The maximum Gasteiger partial charge on any atom is 0.202 e. The largest absolute Gasteiger partial charge is 0.297 e. The highest BCUT2D eigenvalue weighted by Crippen LogP contribution is 2.18. The summed E-state index contributed by atoms with van der Waals surface area (Å²) >= 11 is 5.50. The zero-order chi connectivity index (χ0) is 10.8. The molecule has 1 rings (SSSR count). The lowest BCUT2D eigenvalue weighted by Gasteiger charge is -2.06. The molecular weight excluding hydrogens is 224 g/mol. The number of halogens is 1. The Hall–Kier alpha value is -0.870. The van der Waals surface area contributed by atoms with Gasteiger partial charge in [0.05, 0.1) is 4.90 Å². The van der Waals surface area contributed by atoms with Crippen LogP contribution in [0.4, 0.5) is 0 Å². The molecule has 0 saturated carbocycles. The Morgan fingerprint density at radius 1 is 1.29 bits per heavy atom. The monoisotopic (exact) mass is 232 g/mol. The third kappa shape index (κ3) is 2.13. The van der Waals surface area contributed by atoms with Crippen LogP contribution in [-0.2, 0) is 14.6 Å². The molecule has 0 radical (unpaired) electrons. The predicted octanol–water partition coefficient (Wildman–Crippen LogP) is 1.61. The molecule has 0 saturated heterocycles. The maximum atomic E-state index is 11.6. The molecule has 0 amide bonds. The number of sulfone groups is 1. The van der Waals surface area contributed by atoms with Crippen LogP contribution in [0.2, 0.25) is 0 Å². The number of ketones is 1. The third-order valence-electron chi connectivity index (χ3n) is 1.66. The highest BCUT2D eigenvalue weighted by Gasteiger charge is 2.28. The minimum absolute atomic E-state index is 0.0650. The molecule has 1 unspecified atom stereocenters. The summed E-state index contributed by atoms with van der Waals surface area (Å²) in [7, 11) is -3.72. The van der Waals surface area contributed by atoms with Gasteiger partial charge in [0.2, 0.25) is 9.84 Å². The van der Waals surface area contributed by atoms with E-state index in [1.54, 1.807) is 18.2 Å². The van der Waals surface area contributed by atoms with E-state index in [4.69, 9.17) is 11.6 Å². The number of alkyl halides is 1. The van der Waals surface area contributed by atoms with Crippen molar-refractivity contribution in [3.8, 4) is 0 Å². The second-order valence-corrected chi connectivity index (χ2v) is 5.51. The quantitative estimate of drug-likeness (QED) is 0.744. The molecule has 0 N–H and O–H groups in total. The van der Waals surface area contributed by atoms with Gasteiger partial charge in [-0.25, -0.2) is 8.42 Å². The predicted molar refractivity (Wildman–Crippen MR) is 53.9 cm³/mol. The summed E-state index contributed by atoms with van der Waals surface area (Å²) in [6.45, 7) is 1.15. The van der Waals surface area contributed by atoms with Crippen molar-refractivity contribution < 1.29 is 13.2 Å². The van der Waals surface area contributed by atoms with Crippen molar-refractivity contribution in [1.29, 1.82) is 0 Å². The summed E-state index contributed by atoms with van der Waals surface area (Å²) in [6, 6.07) is 7.67. The molecule has 0 aromatic heterocycles. The molecule has 0 aliphatic carbocycles. The van der Waals surface area contributed by atoms with E-state index in [-0.39, 0.29) is 4.90 Å². The lowest BCUT2D eigenvalue weighted by atomic mass is 10.4. The van der Waals surface area contributed by atoms with E-state index in [1.807, 2.05) is 0 Å². The van der Waals surface area contributed by atoms with Crippen molar-refractivity contribution in [3.05, 3.63) is 30.3 Å². The Bertz CT molecular complexity index is 425. The fraction of sp³-hybridized carbons (Fsp3) is 0.222. The highest BCUT2D eigenvalue weighted by atomic mass is 35.5. The molecule has 0 fully saturated rings. The second kappa shape index (κ2) is 4.11. The maximum absolute atomic E-state index is 11.6. The Balaban J connectivity index is 3.16. The van der Waals surface area contributed by atoms with Gasteiger partial charge < -0.3 is 0 Å². The molecule has 1 atom stereocenters. The standard InChI is InChI=1S/C9H9ClO3S/c1-7(11)9(10)14(12,13)8-5-3-2-4-6-8/h2-6,9H,1H3. The van der Waals surface area contributed by atoms with Crippen LogP contribution in [-0.4, -0.2) is 18.9 Å². The van der Waals surface area contributed by atoms with E-state index < -0.39 is 20.3 Å². The summed E-state index contributed by atoms with van der Waals surface area (Å²) in [4.78, 5) is 10.9. The first-order valence-electron chi connectivity index (χ1n) is 3.89. The minimum atomic E-state index is -3.72. The number of hydrogen-bond acceptors (Lipinski definition) is 3. The number of Topliss-reactive ketones (excluding diaryl/α,β-unsaturated/α-hetero) is 1. The van der Waals surface area contributed by atoms with Crippen molar-refractivity contribution in [1.82, 2.24) is 0 Å². The van der Waals surface area contributed by atoms with E-state index in [2.05, 4.69) is 0 Å². The van der Waals surface area contributed by atoms with Crippen LogP contribution in [0.15, 0.2) is 35.2 Å². The SMILES string of the molecule is CC(=O)C(Cl)S(=O)(=O)c1ccccc1. The number of carbonyl (C=O) groups is 1. The van der Waals surface area contributed by atoms with Gasteiger partial charge in [-0.3, -0.25) is 4.79 Å². The molecule has 1 aromatic rings. The topological polar surface area (TPSA) is 51.2 Å². The number of carbonyl (C=O) groups excluding carboxylic acids is 1.